The van der Waals surface area contributed by atoms with Gasteiger partial charge >= 0.3 is 0 Å². The number of carbonyl (C=O) groups is 1. The van der Waals surface area contributed by atoms with Crippen LogP contribution in [0.1, 0.15) is 27.9 Å². The molecule has 0 saturated heterocycles. The smallest absolute Gasteiger partial charge is 0.164 e. The van der Waals surface area contributed by atoms with Crippen molar-refractivity contribution in [1.29, 1.82) is 0 Å². The molecule has 3 heteroatoms. The molecule has 0 atom stereocenters. The maximum atomic E-state index is 11.6. The predicted molar refractivity (Wildman–Crippen MR) is 60.4 cm³/mol. The van der Waals surface area contributed by atoms with Crippen LogP contribution in [0.5, 0.6) is 0 Å². The van der Waals surface area contributed by atoms with E-state index in [2.05, 4.69) is 0 Å². The third kappa shape index (κ3) is 2.49. The highest BCUT2D eigenvalue weighted by molar-refractivity contribution is 6.19. The van der Waals surface area contributed by atoms with Crippen LogP contribution in [0.25, 0.3) is 0 Å². The third-order valence-corrected chi connectivity index (χ3v) is 2.69. The molecule has 0 aromatic heterocycles. The Balaban J connectivity index is 3.03. The Bertz CT molecular complexity index is 334. The van der Waals surface area contributed by atoms with Crippen LogP contribution in [0.2, 0.25) is 0 Å². The van der Waals surface area contributed by atoms with Crippen LogP contribution in [0.4, 0.5) is 0 Å². The molecular formula is C11H12Cl2O. The molecule has 1 rings (SSSR count). The highest BCUT2D eigenvalue weighted by Gasteiger charge is 2.10. The van der Waals surface area contributed by atoms with Gasteiger partial charge in [0.1, 0.15) is 0 Å². The van der Waals surface area contributed by atoms with Crippen LogP contribution in [-0.4, -0.2) is 11.7 Å². The zero-order valence-electron chi connectivity index (χ0n) is 8.02. The van der Waals surface area contributed by atoms with E-state index >= 15 is 0 Å². The van der Waals surface area contributed by atoms with Crippen molar-refractivity contribution in [3.8, 4) is 0 Å². The molecule has 0 N–H and O–H groups in total. The summed E-state index contributed by atoms with van der Waals surface area (Å²) in [5.74, 6) is 0.890. The highest BCUT2D eigenvalue weighted by atomic mass is 35.5. The molecule has 1 aromatic carbocycles. The Morgan fingerprint density at radius 2 is 2.07 bits per heavy atom. The number of hydrogen-bond donors (Lipinski definition) is 0. The monoisotopic (exact) mass is 230 g/mol. The fourth-order valence-electron chi connectivity index (χ4n) is 1.35. The predicted octanol–water partition coefficient (Wildman–Crippen LogP) is 3.55. The van der Waals surface area contributed by atoms with Crippen molar-refractivity contribution in [3.05, 3.63) is 34.9 Å². The summed E-state index contributed by atoms with van der Waals surface area (Å²) in [6.07, 6.45) is 0.383. The Hall–Kier alpha value is -0.530. The molecule has 0 heterocycles. The lowest BCUT2D eigenvalue weighted by atomic mass is 9.99. The minimum Gasteiger partial charge on any atom is -0.294 e. The zero-order valence-corrected chi connectivity index (χ0v) is 9.53. The Morgan fingerprint density at radius 3 is 2.64 bits per heavy atom. The van der Waals surface area contributed by atoms with Gasteiger partial charge in [-0.25, -0.2) is 0 Å². The quantitative estimate of drug-likeness (QED) is 0.572. The van der Waals surface area contributed by atoms with Gasteiger partial charge in [-0.3, -0.25) is 4.79 Å². The lowest BCUT2D eigenvalue weighted by Gasteiger charge is -2.07. The number of Topliss-reactive ketones (excluding diaryl/α,β-unsaturated/α-hetero) is 1. The van der Waals surface area contributed by atoms with Crippen molar-refractivity contribution >= 4 is 29.0 Å². The standard InChI is InChI=1S/C11H12Cl2O/c1-8-9(7-13)3-2-4-10(8)11(14)5-6-12/h2-4H,5-7H2,1H3. The summed E-state index contributed by atoms with van der Waals surface area (Å²) in [4.78, 5) is 11.6. The van der Waals surface area contributed by atoms with Crippen molar-refractivity contribution in [2.45, 2.75) is 19.2 Å². The zero-order chi connectivity index (χ0) is 10.6. The maximum Gasteiger partial charge on any atom is 0.164 e. The highest BCUT2D eigenvalue weighted by Crippen LogP contribution is 2.17. The number of alkyl halides is 2. The van der Waals surface area contributed by atoms with Gasteiger partial charge in [-0.1, -0.05) is 18.2 Å². The van der Waals surface area contributed by atoms with Crippen LogP contribution in [0.3, 0.4) is 0 Å². The first-order valence-electron chi connectivity index (χ1n) is 4.44. The Morgan fingerprint density at radius 1 is 1.36 bits per heavy atom. The van der Waals surface area contributed by atoms with E-state index in [4.69, 9.17) is 23.2 Å². The molecule has 1 nitrogen and oxygen atoms in total. The maximum absolute atomic E-state index is 11.6. The first-order chi connectivity index (χ1) is 6.70. The van der Waals surface area contributed by atoms with E-state index in [1.54, 1.807) is 0 Å². The fraction of sp³-hybridized carbons (Fsp3) is 0.364. The average molecular weight is 231 g/mol. The largest absolute Gasteiger partial charge is 0.294 e. The molecule has 0 unspecified atom stereocenters. The summed E-state index contributed by atoms with van der Waals surface area (Å²) < 4.78 is 0. The van der Waals surface area contributed by atoms with E-state index in [9.17, 15) is 4.79 Å². The van der Waals surface area contributed by atoms with Crippen LogP contribution >= 0.6 is 23.2 Å². The first kappa shape index (κ1) is 11.5. The number of halogens is 2. The van der Waals surface area contributed by atoms with Gasteiger partial charge in [0.2, 0.25) is 0 Å². The normalized spacial score (nSPS) is 10.2. The summed E-state index contributed by atoms with van der Waals surface area (Å²) in [6, 6.07) is 5.60. The number of carbonyl (C=O) groups excluding carboxylic acids is 1. The molecule has 0 bridgehead atoms. The number of rotatable bonds is 4. The van der Waals surface area contributed by atoms with Gasteiger partial charge in [0.15, 0.2) is 5.78 Å². The summed E-state index contributed by atoms with van der Waals surface area (Å²) in [7, 11) is 0. The second-order valence-electron chi connectivity index (χ2n) is 3.09. The van der Waals surface area contributed by atoms with E-state index in [0.29, 0.717) is 18.2 Å². The van der Waals surface area contributed by atoms with E-state index in [1.165, 1.54) is 0 Å². The van der Waals surface area contributed by atoms with E-state index < -0.39 is 0 Å². The minimum atomic E-state index is 0.0875. The molecule has 0 aliphatic rings. The number of ketones is 1. The molecular weight excluding hydrogens is 219 g/mol. The van der Waals surface area contributed by atoms with Gasteiger partial charge in [0, 0.05) is 23.7 Å². The molecule has 0 saturated carbocycles. The number of hydrogen-bond acceptors (Lipinski definition) is 1. The lowest BCUT2D eigenvalue weighted by molar-refractivity contribution is 0.0988. The molecule has 0 aliphatic carbocycles. The summed E-state index contributed by atoms with van der Waals surface area (Å²) in [6.45, 7) is 1.92. The second kappa shape index (κ2) is 5.38. The van der Waals surface area contributed by atoms with Crippen molar-refractivity contribution < 1.29 is 4.79 Å². The third-order valence-electron chi connectivity index (χ3n) is 2.21. The first-order valence-corrected chi connectivity index (χ1v) is 5.51. The Kier molecular flexibility index (Phi) is 4.43. The van der Waals surface area contributed by atoms with Crippen LogP contribution in [-0.2, 0) is 5.88 Å². The van der Waals surface area contributed by atoms with Gasteiger partial charge in [-0.15, -0.1) is 23.2 Å². The van der Waals surface area contributed by atoms with Gasteiger partial charge in [-0.05, 0) is 18.1 Å². The molecule has 0 amide bonds. The van der Waals surface area contributed by atoms with Gasteiger partial charge < -0.3 is 0 Å². The molecule has 1 aromatic rings. The van der Waals surface area contributed by atoms with Gasteiger partial charge in [0.25, 0.3) is 0 Å². The average Bonchev–Trinajstić information content (AvgIpc) is 2.18. The van der Waals surface area contributed by atoms with Crippen molar-refractivity contribution in [1.82, 2.24) is 0 Å². The lowest BCUT2D eigenvalue weighted by Crippen LogP contribution is -2.04. The van der Waals surface area contributed by atoms with Crippen molar-refractivity contribution in [2.75, 3.05) is 5.88 Å². The van der Waals surface area contributed by atoms with Crippen molar-refractivity contribution in [2.24, 2.45) is 0 Å². The van der Waals surface area contributed by atoms with E-state index in [-0.39, 0.29) is 5.78 Å². The molecule has 14 heavy (non-hydrogen) atoms. The summed E-state index contributed by atoms with van der Waals surface area (Å²) >= 11 is 11.3. The van der Waals surface area contributed by atoms with Gasteiger partial charge in [-0.2, -0.15) is 0 Å². The van der Waals surface area contributed by atoms with Crippen LogP contribution < -0.4 is 0 Å². The molecule has 0 aliphatic heterocycles. The fourth-order valence-corrected chi connectivity index (χ4v) is 1.81. The molecule has 0 fully saturated rings. The van der Waals surface area contributed by atoms with Gasteiger partial charge in [0.05, 0.1) is 0 Å². The van der Waals surface area contributed by atoms with E-state index in [0.717, 1.165) is 16.7 Å². The molecule has 0 spiro atoms. The van der Waals surface area contributed by atoms with Crippen LogP contribution in [0, 0.1) is 6.92 Å². The summed E-state index contributed by atoms with van der Waals surface area (Å²) in [5.41, 5.74) is 2.72. The summed E-state index contributed by atoms with van der Waals surface area (Å²) in [5, 5.41) is 0. The van der Waals surface area contributed by atoms with E-state index in [1.807, 2.05) is 25.1 Å². The van der Waals surface area contributed by atoms with Crippen LogP contribution in [0.15, 0.2) is 18.2 Å². The number of benzene rings is 1. The molecule has 76 valence electrons. The second-order valence-corrected chi connectivity index (χ2v) is 3.73. The topological polar surface area (TPSA) is 17.1 Å². The van der Waals surface area contributed by atoms with Crippen molar-refractivity contribution in [3.63, 3.8) is 0 Å². The molecule has 0 radical (unpaired) electrons. The Labute approximate surface area is 94.0 Å². The minimum absolute atomic E-state index is 0.0875. The SMILES string of the molecule is Cc1c(CCl)cccc1C(=O)CCCl.